The summed E-state index contributed by atoms with van der Waals surface area (Å²) in [6.45, 7) is 3.92. The summed E-state index contributed by atoms with van der Waals surface area (Å²) in [5.74, 6) is 1.01. The molecule has 1 aliphatic heterocycles. The molecule has 13 heteroatoms. The van der Waals surface area contributed by atoms with Gasteiger partial charge in [-0.25, -0.2) is 4.98 Å². The summed E-state index contributed by atoms with van der Waals surface area (Å²) in [7, 11) is 0. The molecule has 1 saturated heterocycles. The van der Waals surface area contributed by atoms with E-state index in [1.54, 1.807) is 16.5 Å². The van der Waals surface area contributed by atoms with Crippen LogP contribution in [0, 0.1) is 0 Å². The van der Waals surface area contributed by atoms with Gasteiger partial charge in [0.1, 0.15) is 24.1 Å². The SMILES string of the molecule is CCOCCOc1ccc2ccc(-c3nnc4ccc([C@@H](N5CCC(N)C5)C(F)(F)F)cn34)nc2c1.Cl.Cl. The minimum atomic E-state index is -4.45. The van der Waals surface area contributed by atoms with Crippen molar-refractivity contribution >= 4 is 41.4 Å². The minimum Gasteiger partial charge on any atom is -0.491 e. The van der Waals surface area contributed by atoms with E-state index >= 15 is 0 Å². The zero-order valence-corrected chi connectivity index (χ0v) is 22.2. The molecule has 206 valence electrons. The van der Waals surface area contributed by atoms with Gasteiger partial charge >= 0.3 is 6.18 Å². The van der Waals surface area contributed by atoms with Crippen molar-refractivity contribution in [1.82, 2.24) is 24.5 Å². The average Bonchev–Trinajstić information content (AvgIpc) is 3.46. The summed E-state index contributed by atoms with van der Waals surface area (Å²) < 4.78 is 55.0. The van der Waals surface area contributed by atoms with Crippen LogP contribution in [-0.2, 0) is 4.74 Å². The highest BCUT2D eigenvalue weighted by Gasteiger charge is 2.46. The van der Waals surface area contributed by atoms with Gasteiger partial charge in [0.15, 0.2) is 11.5 Å². The Bertz CT molecular complexity index is 1370. The van der Waals surface area contributed by atoms with Crippen LogP contribution in [0.15, 0.2) is 48.7 Å². The number of ether oxygens (including phenoxy) is 2. The highest BCUT2D eigenvalue weighted by atomic mass is 35.5. The first kappa shape index (κ1) is 29.9. The van der Waals surface area contributed by atoms with Crippen LogP contribution < -0.4 is 10.5 Å². The number of fused-ring (bicyclic) bond motifs is 2. The summed E-state index contributed by atoms with van der Waals surface area (Å²) >= 11 is 0. The average molecular weight is 573 g/mol. The quantitative estimate of drug-likeness (QED) is 0.302. The van der Waals surface area contributed by atoms with Crippen molar-refractivity contribution in [2.45, 2.75) is 31.6 Å². The molecule has 0 aliphatic carbocycles. The van der Waals surface area contributed by atoms with Gasteiger partial charge in [-0.2, -0.15) is 13.2 Å². The highest BCUT2D eigenvalue weighted by molar-refractivity contribution is 5.85. The van der Waals surface area contributed by atoms with E-state index in [9.17, 15) is 13.2 Å². The van der Waals surface area contributed by atoms with Crippen LogP contribution in [0.3, 0.4) is 0 Å². The molecule has 5 rings (SSSR count). The predicted molar refractivity (Wildman–Crippen MR) is 143 cm³/mol. The molecule has 38 heavy (non-hydrogen) atoms. The molecule has 2 atom stereocenters. The Balaban J connectivity index is 0.00000200. The lowest BCUT2D eigenvalue weighted by Gasteiger charge is -2.30. The van der Waals surface area contributed by atoms with Crippen LogP contribution in [0.5, 0.6) is 5.75 Å². The van der Waals surface area contributed by atoms with Gasteiger partial charge in [0.05, 0.1) is 12.1 Å². The summed E-state index contributed by atoms with van der Waals surface area (Å²) in [5, 5.41) is 9.26. The Labute approximate surface area is 230 Å². The van der Waals surface area contributed by atoms with Gasteiger partial charge in [0.2, 0.25) is 0 Å². The third-order valence-corrected chi connectivity index (χ3v) is 6.27. The molecule has 1 fully saturated rings. The van der Waals surface area contributed by atoms with Crippen LogP contribution in [0.4, 0.5) is 13.2 Å². The van der Waals surface area contributed by atoms with Gasteiger partial charge in [0.25, 0.3) is 0 Å². The van der Waals surface area contributed by atoms with Crippen LogP contribution >= 0.6 is 24.8 Å². The molecular formula is C25H29Cl2F3N6O2. The molecule has 4 heterocycles. The molecule has 0 radical (unpaired) electrons. The molecule has 1 aliphatic rings. The number of hydrogen-bond acceptors (Lipinski definition) is 7. The molecule has 0 spiro atoms. The molecule has 0 amide bonds. The number of benzene rings is 1. The molecule has 0 bridgehead atoms. The monoisotopic (exact) mass is 572 g/mol. The van der Waals surface area contributed by atoms with E-state index in [1.807, 2.05) is 31.2 Å². The van der Waals surface area contributed by atoms with Crippen molar-refractivity contribution in [2.24, 2.45) is 5.73 Å². The first-order valence-electron chi connectivity index (χ1n) is 11.9. The third-order valence-electron chi connectivity index (χ3n) is 6.27. The zero-order chi connectivity index (χ0) is 25.3. The van der Waals surface area contributed by atoms with E-state index in [1.165, 1.54) is 17.2 Å². The van der Waals surface area contributed by atoms with Crippen molar-refractivity contribution in [1.29, 1.82) is 0 Å². The smallest absolute Gasteiger partial charge is 0.408 e. The fourth-order valence-corrected chi connectivity index (χ4v) is 4.57. The van der Waals surface area contributed by atoms with Gasteiger partial charge < -0.3 is 15.2 Å². The summed E-state index contributed by atoms with van der Waals surface area (Å²) in [6.07, 6.45) is -2.47. The Morgan fingerprint density at radius 2 is 1.87 bits per heavy atom. The van der Waals surface area contributed by atoms with Crippen LogP contribution in [-0.4, -0.2) is 69.6 Å². The Kier molecular flexibility index (Phi) is 9.77. The number of nitrogens with zero attached hydrogens (tertiary/aromatic N) is 5. The molecule has 0 saturated carbocycles. The van der Waals surface area contributed by atoms with Gasteiger partial charge in [-0.15, -0.1) is 35.0 Å². The highest BCUT2D eigenvalue weighted by Crippen LogP contribution is 2.39. The van der Waals surface area contributed by atoms with E-state index in [0.29, 0.717) is 61.2 Å². The summed E-state index contributed by atoms with van der Waals surface area (Å²) in [5.41, 5.74) is 7.60. The van der Waals surface area contributed by atoms with Crippen molar-refractivity contribution in [2.75, 3.05) is 32.9 Å². The molecule has 4 aromatic rings. The topological polar surface area (TPSA) is 90.8 Å². The molecule has 3 aromatic heterocycles. The van der Waals surface area contributed by atoms with Crippen molar-refractivity contribution in [3.63, 3.8) is 0 Å². The lowest BCUT2D eigenvalue weighted by Crippen LogP contribution is -2.38. The van der Waals surface area contributed by atoms with Gasteiger partial charge in [-0.3, -0.25) is 9.30 Å². The summed E-state index contributed by atoms with van der Waals surface area (Å²) in [4.78, 5) is 6.09. The molecule has 1 unspecified atom stereocenters. The van der Waals surface area contributed by atoms with Crippen LogP contribution in [0.25, 0.3) is 28.1 Å². The number of hydrogen-bond donors (Lipinski definition) is 1. The standard InChI is InChI=1S/C25H27F3N6O2.2ClH/c1-2-35-11-12-36-19-6-3-16-4-7-20(30-21(16)13-19)24-32-31-22-8-5-17(14-34(22)24)23(25(26,27)28)33-10-9-18(29)15-33;;/h3-8,13-14,18,23H,2,9-12,15,29H2,1H3;2*1H/t18?,23-;;/m1../s1. The largest absolute Gasteiger partial charge is 0.491 e. The van der Waals surface area contributed by atoms with Crippen LogP contribution in [0.2, 0.25) is 0 Å². The van der Waals surface area contributed by atoms with Gasteiger partial charge in [-0.05, 0) is 43.2 Å². The zero-order valence-electron chi connectivity index (χ0n) is 20.6. The lowest BCUT2D eigenvalue weighted by atomic mass is 10.1. The second-order valence-electron chi connectivity index (χ2n) is 8.80. The third kappa shape index (κ3) is 6.29. The Morgan fingerprint density at radius 3 is 2.58 bits per heavy atom. The Morgan fingerprint density at radius 1 is 1.08 bits per heavy atom. The maximum Gasteiger partial charge on any atom is 0.408 e. The molecule has 8 nitrogen and oxygen atoms in total. The van der Waals surface area contributed by atoms with E-state index < -0.39 is 12.2 Å². The summed E-state index contributed by atoms with van der Waals surface area (Å²) in [6, 6.07) is 10.2. The molecular weight excluding hydrogens is 544 g/mol. The second-order valence-corrected chi connectivity index (χ2v) is 8.80. The maximum absolute atomic E-state index is 14.1. The minimum absolute atomic E-state index is 0. The van der Waals surface area contributed by atoms with E-state index in [4.69, 9.17) is 20.2 Å². The first-order valence-corrected chi connectivity index (χ1v) is 11.9. The van der Waals surface area contributed by atoms with Crippen molar-refractivity contribution in [3.05, 3.63) is 54.2 Å². The van der Waals surface area contributed by atoms with Crippen molar-refractivity contribution in [3.8, 4) is 17.3 Å². The van der Waals surface area contributed by atoms with Gasteiger partial charge in [-0.1, -0.05) is 12.1 Å². The second kappa shape index (κ2) is 12.4. The van der Waals surface area contributed by atoms with E-state index in [2.05, 4.69) is 10.2 Å². The van der Waals surface area contributed by atoms with E-state index in [-0.39, 0.29) is 43.0 Å². The Hall–Kier alpha value is -2.70. The predicted octanol–water partition coefficient (Wildman–Crippen LogP) is 4.84. The molecule has 2 N–H and O–H groups in total. The number of likely N-dealkylation sites (tertiary alicyclic amines) is 1. The first-order chi connectivity index (χ1) is 17.3. The number of halogens is 5. The van der Waals surface area contributed by atoms with Crippen molar-refractivity contribution < 1.29 is 22.6 Å². The number of nitrogens with two attached hydrogens (primary N) is 1. The number of rotatable bonds is 8. The number of alkyl halides is 3. The fraction of sp³-hybridized carbons (Fsp3) is 0.400. The van der Waals surface area contributed by atoms with Gasteiger partial charge in [0, 0.05) is 43.4 Å². The molecule has 1 aromatic carbocycles. The van der Waals surface area contributed by atoms with Crippen LogP contribution in [0.1, 0.15) is 24.9 Å². The lowest BCUT2D eigenvalue weighted by molar-refractivity contribution is -0.183. The van der Waals surface area contributed by atoms with E-state index in [0.717, 1.165) is 5.39 Å². The number of aromatic nitrogens is 4. The normalized spacial score (nSPS) is 16.8. The fourth-order valence-electron chi connectivity index (χ4n) is 4.57. The number of pyridine rings is 2. The maximum atomic E-state index is 14.1.